The van der Waals surface area contributed by atoms with E-state index in [1.165, 1.54) is 5.56 Å². The van der Waals surface area contributed by atoms with E-state index in [-0.39, 0.29) is 5.82 Å². The number of nitrogens with zero attached hydrogens (tertiary/aromatic N) is 1. The van der Waals surface area contributed by atoms with E-state index in [0.29, 0.717) is 12.0 Å². The Morgan fingerprint density at radius 2 is 1.84 bits per heavy atom. The molecule has 3 rings (SSSR count). The number of aromatic nitrogens is 1. The topological polar surface area (TPSA) is 24.9 Å². The van der Waals surface area contributed by atoms with Crippen molar-refractivity contribution in [3.05, 3.63) is 59.7 Å². The molecule has 2 nitrogen and oxygen atoms in total. The summed E-state index contributed by atoms with van der Waals surface area (Å²) >= 11 is 0. The maximum atomic E-state index is 12.8. The lowest BCUT2D eigenvalue weighted by molar-refractivity contribution is 0.374. The van der Waals surface area contributed by atoms with Crippen LogP contribution in [-0.4, -0.2) is 11.0 Å². The molecule has 2 aromatic rings. The van der Waals surface area contributed by atoms with Crippen molar-refractivity contribution in [3.8, 4) is 0 Å². The van der Waals surface area contributed by atoms with Gasteiger partial charge in [-0.15, -0.1) is 0 Å². The van der Waals surface area contributed by atoms with Gasteiger partial charge in [-0.25, -0.2) is 4.39 Å². The maximum absolute atomic E-state index is 12.8. The summed E-state index contributed by atoms with van der Waals surface area (Å²) in [5.74, 6) is 0.389. The molecule has 0 amide bonds. The Morgan fingerprint density at radius 3 is 2.47 bits per heavy atom. The summed E-state index contributed by atoms with van der Waals surface area (Å²) in [5.41, 5.74) is 3.35. The van der Waals surface area contributed by atoms with Gasteiger partial charge in [0, 0.05) is 11.7 Å². The van der Waals surface area contributed by atoms with Crippen LogP contribution in [0, 0.1) is 12.7 Å². The van der Waals surface area contributed by atoms with E-state index in [2.05, 4.69) is 16.4 Å². The molecular formula is C16H17FN2. The number of anilines is 1. The second-order valence-corrected chi connectivity index (χ2v) is 5.25. The summed E-state index contributed by atoms with van der Waals surface area (Å²) in [6.45, 7) is 1.98. The largest absolute Gasteiger partial charge is 0.381 e. The molecule has 1 saturated carbocycles. The second kappa shape index (κ2) is 5.00. The average molecular weight is 256 g/mol. The first-order chi connectivity index (χ1) is 9.20. The molecule has 1 aromatic carbocycles. The molecule has 0 atom stereocenters. The number of rotatable bonds is 3. The minimum Gasteiger partial charge on any atom is -0.381 e. The SMILES string of the molecule is Cc1ccc(NC2CC(c3ccc(F)cc3)C2)cn1. The molecule has 1 fully saturated rings. The Bertz CT molecular complexity index is 542. The molecule has 0 bridgehead atoms. The van der Waals surface area contributed by atoms with Crippen LogP contribution in [0.15, 0.2) is 42.6 Å². The standard InChI is InChI=1S/C16H17FN2/c1-11-2-7-15(10-18-11)19-16-8-13(9-16)12-3-5-14(17)6-4-12/h2-7,10,13,16,19H,8-9H2,1H3. The van der Waals surface area contributed by atoms with Crippen molar-refractivity contribution < 1.29 is 4.39 Å². The molecule has 0 spiro atoms. The highest BCUT2D eigenvalue weighted by Crippen LogP contribution is 2.38. The summed E-state index contributed by atoms with van der Waals surface area (Å²) in [4.78, 5) is 4.27. The predicted octanol–water partition coefficient (Wildman–Crippen LogP) is 3.89. The van der Waals surface area contributed by atoms with E-state index in [4.69, 9.17) is 0 Å². The normalized spacial score (nSPS) is 21.8. The zero-order valence-corrected chi connectivity index (χ0v) is 10.9. The molecular weight excluding hydrogens is 239 g/mol. The molecule has 0 radical (unpaired) electrons. The van der Waals surface area contributed by atoms with Crippen LogP contribution < -0.4 is 5.32 Å². The fourth-order valence-corrected chi connectivity index (χ4v) is 2.53. The highest BCUT2D eigenvalue weighted by Gasteiger charge is 2.30. The molecule has 1 N–H and O–H groups in total. The lowest BCUT2D eigenvalue weighted by Crippen LogP contribution is -2.34. The Morgan fingerprint density at radius 1 is 1.11 bits per heavy atom. The van der Waals surface area contributed by atoms with Crippen LogP contribution in [-0.2, 0) is 0 Å². The molecule has 1 aliphatic carbocycles. The van der Waals surface area contributed by atoms with Gasteiger partial charge in [-0.2, -0.15) is 0 Å². The summed E-state index contributed by atoms with van der Waals surface area (Å²) in [7, 11) is 0. The van der Waals surface area contributed by atoms with Crippen LogP contribution in [0.25, 0.3) is 0 Å². The van der Waals surface area contributed by atoms with Crippen molar-refractivity contribution in [2.24, 2.45) is 0 Å². The van der Waals surface area contributed by atoms with Crippen LogP contribution >= 0.6 is 0 Å². The third kappa shape index (κ3) is 2.75. The Kier molecular flexibility index (Phi) is 3.20. The first kappa shape index (κ1) is 12.2. The number of halogens is 1. The molecule has 98 valence electrons. The van der Waals surface area contributed by atoms with Gasteiger partial charge in [0.15, 0.2) is 0 Å². The van der Waals surface area contributed by atoms with Crippen molar-refractivity contribution in [2.45, 2.75) is 31.7 Å². The fourth-order valence-electron chi connectivity index (χ4n) is 2.53. The van der Waals surface area contributed by atoms with Gasteiger partial charge in [0.2, 0.25) is 0 Å². The molecule has 0 saturated heterocycles. The lowest BCUT2D eigenvalue weighted by Gasteiger charge is -2.36. The van der Waals surface area contributed by atoms with Crippen LogP contribution in [0.2, 0.25) is 0 Å². The van der Waals surface area contributed by atoms with Gasteiger partial charge in [0.1, 0.15) is 5.82 Å². The molecule has 1 aromatic heterocycles. The maximum Gasteiger partial charge on any atom is 0.123 e. The van der Waals surface area contributed by atoms with Gasteiger partial charge in [0.25, 0.3) is 0 Å². The fraction of sp³-hybridized carbons (Fsp3) is 0.312. The average Bonchev–Trinajstić information content (AvgIpc) is 2.37. The number of hydrogen-bond acceptors (Lipinski definition) is 2. The summed E-state index contributed by atoms with van der Waals surface area (Å²) < 4.78 is 12.8. The minimum absolute atomic E-state index is 0.163. The summed E-state index contributed by atoms with van der Waals surface area (Å²) in [5, 5.41) is 3.48. The van der Waals surface area contributed by atoms with Gasteiger partial charge in [-0.1, -0.05) is 12.1 Å². The second-order valence-electron chi connectivity index (χ2n) is 5.25. The van der Waals surface area contributed by atoms with Crippen LogP contribution in [0.5, 0.6) is 0 Å². The van der Waals surface area contributed by atoms with Crippen molar-refractivity contribution in [2.75, 3.05) is 5.32 Å². The number of aryl methyl sites for hydroxylation is 1. The van der Waals surface area contributed by atoms with Gasteiger partial charge in [-0.05, 0) is 55.5 Å². The van der Waals surface area contributed by atoms with E-state index in [0.717, 1.165) is 24.2 Å². The van der Waals surface area contributed by atoms with E-state index in [1.807, 2.05) is 31.3 Å². The lowest BCUT2D eigenvalue weighted by atomic mass is 9.76. The van der Waals surface area contributed by atoms with Gasteiger partial charge in [-0.3, -0.25) is 4.98 Å². The van der Waals surface area contributed by atoms with Crippen LogP contribution in [0.4, 0.5) is 10.1 Å². The van der Waals surface area contributed by atoms with Crippen molar-refractivity contribution in [1.82, 2.24) is 4.98 Å². The quantitative estimate of drug-likeness (QED) is 0.901. The third-order valence-corrected chi connectivity index (χ3v) is 3.76. The first-order valence-corrected chi connectivity index (χ1v) is 6.65. The highest BCUT2D eigenvalue weighted by molar-refractivity contribution is 5.43. The molecule has 1 aliphatic rings. The molecule has 0 aliphatic heterocycles. The molecule has 1 heterocycles. The van der Waals surface area contributed by atoms with Gasteiger partial charge < -0.3 is 5.32 Å². The van der Waals surface area contributed by atoms with Crippen molar-refractivity contribution in [1.29, 1.82) is 0 Å². The minimum atomic E-state index is -0.163. The third-order valence-electron chi connectivity index (χ3n) is 3.76. The number of hydrogen-bond donors (Lipinski definition) is 1. The van der Waals surface area contributed by atoms with Crippen molar-refractivity contribution in [3.63, 3.8) is 0 Å². The first-order valence-electron chi connectivity index (χ1n) is 6.65. The Hall–Kier alpha value is -1.90. The van der Waals surface area contributed by atoms with E-state index >= 15 is 0 Å². The van der Waals surface area contributed by atoms with Crippen LogP contribution in [0.3, 0.4) is 0 Å². The zero-order valence-electron chi connectivity index (χ0n) is 10.9. The van der Waals surface area contributed by atoms with Gasteiger partial charge >= 0.3 is 0 Å². The Balaban J connectivity index is 1.55. The summed E-state index contributed by atoms with van der Waals surface area (Å²) in [6, 6.07) is 11.4. The molecule has 0 unspecified atom stereocenters. The van der Waals surface area contributed by atoms with E-state index in [9.17, 15) is 4.39 Å². The summed E-state index contributed by atoms with van der Waals surface area (Å²) in [6.07, 6.45) is 4.07. The van der Waals surface area contributed by atoms with E-state index in [1.54, 1.807) is 12.1 Å². The number of nitrogens with one attached hydrogen (secondary N) is 1. The predicted molar refractivity (Wildman–Crippen MR) is 74.8 cm³/mol. The smallest absolute Gasteiger partial charge is 0.123 e. The highest BCUT2D eigenvalue weighted by atomic mass is 19.1. The van der Waals surface area contributed by atoms with Crippen LogP contribution in [0.1, 0.15) is 30.0 Å². The zero-order chi connectivity index (χ0) is 13.2. The van der Waals surface area contributed by atoms with Crippen molar-refractivity contribution >= 4 is 5.69 Å². The monoisotopic (exact) mass is 256 g/mol. The number of pyridine rings is 1. The number of benzene rings is 1. The molecule has 3 heteroatoms. The molecule has 19 heavy (non-hydrogen) atoms. The van der Waals surface area contributed by atoms with E-state index < -0.39 is 0 Å². The van der Waals surface area contributed by atoms with Gasteiger partial charge in [0.05, 0.1) is 11.9 Å². The Labute approximate surface area is 112 Å².